The lowest BCUT2D eigenvalue weighted by molar-refractivity contribution is 0.0553. The van der Waals surface area contributed by atoms with Crippen LogP contribution in [0.15, 0.2) is 65.5 Å². The Hall–Kier alpha value is -3.19. The molecule has 1 unspecified atom stereocenters. The predicted molar refractivity (Wildman–Crippen MR) is 111 cm³/mol. The third-order valence-electron chi connectivity index (χ3n) is 4.43. The van der Waals surface area contributed by atoms with E-state index in [0.29, 0.717) is 37.0 Å². The fourth-order valence-corrected chi connectivity index (χ4v) is 3.03. The molecule has 2 aromatic heterocycles. The Morgan fingerprint density at radius 2 is 2.07 bits per heavy atom. The van der Waals surface area contributed by atoms with E-state index in [1.54, 1.807) is 17.3 Å². The molecule has 1 fully saturated rings. The largest absolute Gasteiger partial charge is 0.490 e. The number of carbonyl (C=O) groups excluding carboxylic acids is 1. The summed E-state index contributed by atoms with van der Waals surface area (Å²) in [6.45, 7) is 6.37. The predicted octanol–water partition coefficient (Wildman–Crippen LogP) is 3.26. The highest BCUT2D eigenvalue weighted by molar-refractivity contribution is 5.92. The number of ether oxygens (including phenoxy) is 1. The van der Waals surface area contributed by atoms with Gasteiger partial charge in [-0.05, 0) is 24.3 Å². The summed E-state index contributed by atoms with van der Waals surface area (Å²) in [4.78, 5) is 23.2. The molecule has 0 bridgehead atoms. The normalized spacial score (nSPS) is 15.9. The first-order valence-corrected chi connectivity index (χ1v) is 9.87. The van der Waals surface area contributed by atoms with Crippen LogP contribution in [0, 0.1) is 0 Å². The fourth-order valence-electron chi connectivity index (χ4n) is 3.03. The number of hydrogen-bond acceptors (Lipinski definition) is 6. The molecule has 152 valence electrons. The van der Waals surface area contributed by atoms with E-state index in [4.69, 9.17) is 9.15 Å². The Morgan fingerprint density at radius 3 is 2.83 bits per heavy atom. The van der Waals surface area contributed by atoms with Gasteiger partial charge >= 0.3 is 0 Å². The molecule has 1 amide bonds. The van der Waals surface area contributed by atoms with Gasteiger partial charge in [-0.2, -0.15) is 0 Å². The molecular weight excluding hydrogens is 368 g/mol. The minimum Gasteiger partial charge on any atom is -0.490 e. The minimum atomic E-state index is -0.151. The molecule has 3 aromatic rings. The average Bonchev–Trinajstić information content (AvgIpc) is 3.30. The van der Waals surface area contributed by atoms with Crippen LogP contribution in [0.4, 0.5) is 0 Å². The molecule has 0 spiro atoms. The molecule has 0 radical (unpaired) electrons. The topological polar surface area (TPSA) is 80.5 Å². The molecule has 4 rings (SSSR count). The number of nitrogens with one attached hydrogen (secondary N) is 1. The molecule has 1 N–H and O–H groups in total. The second-order valence-corrected chi connectivity index (χ2v) is 6.26. The first kappa shape index (κ1) is 20.5. The van der Waals surface area contributed by atoms with Crippen LogP contribution in [0.25, 0.3) is 11.5 Å². The van der Waals surface area contributed by atoms with Crippen LogP contribution < -0.4 is 10.1 Å². The number of rotatable bonds is 5. The molecule has 1 saturated heterocycles. The Labute approximate surface area is 170 Å². The van der Waals surface area contributed by atoms with Gasteiger partial charge in [0.05, 0.1) is 12.2 Å². The number of benzene rings is 1. The second kappa shape index (κ2) is 10.4. The van der Waals surface area contributed by atoms with Crippen LogP contribution in [-0.2, 0) is 0 Å². The van der Waals surface area contributed by atoms with Gasteiger partial charge in [-0.15, -0.1) is 0 Å². The lowest BCUT2D eigenvalue weighted by Gasteiger charge is -2.35. The Morgan fingerprint density at radius 1 is 1.24 bits per heavy atom. The fraction of sp³-hybridized carbons (Fsp3) is 0.318. The number of hydrogen-bond donors (Lipinski definition) is 1. The van der Waals surface area contributed by atoms with E-state index in [-0.39, 0.29) is 11.9 Å². The monoisotopic (exact) mass is 394 g/mol. The van der Waals surface area contributed by atoms with Crippen LogP contribution in [0.5, 0.6) is 5.75 Å². The zero-order chi connectivity index (χ0) is 20.5. The summed E-state index contributed by atoms with van der Waals surface area (Å²) in [6, 6.07) is 13.1. The molecular formula is C22H26N4O3. The van der Waals surface area contributed by atoms with Crippen molar-refractivity contribution >= 4 is 5.91 Å². The van der Waals surface area contributed by atoms with E-state index in [2.05, 4.69) is 15.3 Å². The number of nitrogens with zero attached hydrogens (tertiary/aromatic N) is 3. The summed E-state index contributed by atoms with van der Waals surface area (Å²) < 4.78 is 11.3. The van der Waals surface area contributed by atoms with Gasteiger partial charge in [0.25, 0.3) is 5.91 Å². The van der Waals surface area contributed by atoms with Crippen molar-refractivity contribution in [2.45, 2.75) is 19.9 Å². The smallest absolute Gasteiger partial charge is 0.276 e. The maximum Gasteiger partial charge on any atom is 0.276 e. The number of oxazole rings is 1. The molecule has 1 atom stereocenters. The summed E-state index contributed by atoms with van der Waals surface area (Å²) in [7, 11) is 0. The van der Waals surface area contributed by atoms with Crippen LogP contribution in [-0.4, -0.2) is 53.1 Å². The van der Waals surface area contributed by atoms with Gasteiger partial charge in [0.2, 0.25) is 5.89 Å². The molecule has 1 aliphatic rings. The second-order valence-electron chi connectivity index (χ2n) is 6.26. The zero-order valence-corrected chi connectivity index (χ0v) is 16.7. The van der Waals surface area contributed by atoms with Gasteiger partial charge in [0.1, 0.15) is 18.6 Å². The number of aromatic nitrogens is 2. The first-order chi connectivity index (χ1) is 14.3. The number of amides is 1. The maximum atomic E-state index is 13.0. The van der Waals surface area contributed by atoms with Gasteiger partial charge in [-0.25, -0.2) is 4.98 Å². The first-order valence-electron chi connectivity index (χ1n) is 9.87. The van der Waals surface area contributed by atoms with E-state index < -0.39 is 0 Å². The van der Waals surface area contributed by atoms with Crippen LogP contribution in [0.1, 0.15) is 24.3 Å². The van der Waals surface area contributed by atoms with E-state index in [9.17, 15) is 4.79 Å². The van der Waals surface area contributed by atoms with Crippen molar-refractivity contribution in [3.63, 3.8) is 0 Å². The van der Waals surface area contributed by atoms with Crippen molar-refractivity contribution in [1.29, 1.82) is 0 Å². The molecule has 0 aliphatic carbocycles. The summed E-state index contributed by atoms with van der Waals surface area (Å²) in [5.74, 6) is 0.975. The highest BCUT2D eigenvalue weighted by atomic mass is 16.5. The molecule has 1 aliphatic heterocycles. The SMILES string of the molecule is CC.O=C(c1coc(-c2ccccc2)n1)N1CCNCC1COc1cccnc1. The summed E-state index contributed by atoms with van der Waals surface area (Å²) in [6.07, 6.45) is 4.78. The van der Waals surface area contributed by atoms with E-state index in [1.165, 1.54) is 6.26 Å². The van der Waals surface area contributed by atoms with Crippen LogP contribution in [0.3, 0.4) is 0 Å². The minimum absolute atomic E-state index is 0.0941. The molecule has 3 heterocycles. The molecule has 7 heteroatoms. The quantitative estimate of drug-likeness (QED) is 0.715. The zero-order valence-electron chi connectivity index (χ0n) is 16.7. The Kier molecular flexibility index (Phi) is 7.35. The number of carbonyl (C=O) groups is 1. The highest BCUT2D eigenvalue weighted by Crippen LogP contribution is 2.20. The maximum absolute atomic E-state index is 13.0. The summed E-state index contributed by atoms with van der Waals surface area (Å²) in [5.41, 5.74) is 1.15. The third-order valence-corrected chi connectivity index (χ3v) is 4.43. The highest BCUT2D eigenvalue weighted by Gasteiger charge is 2.29. The lowest BCUT2D eigenvalue weighted by atomic mass is 10.2. The van der Waals surface area contributed by atoms with Gasteiger partial charge in [0.15, 0.2) is 5.69 Å². The average molecular weight is 394 g/mol. The summed E-state index contributed by atoms with van der Waals surface area (Å²) in [5, 5.41) is 3.31. The van der Waals surface area contributed by atoms with E-state index in [0.717, 1.165) is 12.1 Å². The van der Waals surface area contributed by atoms with Crippen molar-refractivity contribution in [3.05, 3.63) is 66.8 Å². The lowest BCUT2D eigenvalue weighted by Crippen LogP contribution is -2.56. The molecule has 7 nitrogen and oxygen atoms in total. The van der Waals surface area contributed by atoms with Crippen molar-refractivity contribution in [3.8, 4) is 17.2 Å². The number of piperazine rings is 1. The Balaban J connectivity index is 0.00000117. The number of pyridine rings is 1. The molecule has 1 aromatic carbocycles. The van der Waals surface area contributed by atoms with E-state index >= 15 is 0 Å². The van der Waals surface area contributed by atoms with Gasteiger partial charge < -0.3 is 19.4 Å². The molecule has 29 heavy (non-hydrogen) atoms. The Bertz CT molecular complexity index is 883. The van der Waals surface area contributed by atoms with Crippen molar-refractivity contribution < 1.29 is 13.9 Å². The van der Waals surface area contributed by atoms with Crippen LogP contribution in [0.2, 0.25) is 0 Å². The standard InChI is InChI=1S/C20H20N4O3.C2H6/c25-20(18-14-27-19(23-18)15-5-2-1-3-6-15)24-10-9-22-11-16(24)13-26-17-7-4-8-21-12-17;1-2/h1-8,12,14,16,22H,9-11,13H2;1-2H3. The third kappa shape index (κ3) is 5.20. The van der Waals surface area contributed by atoms with Crippen molar-refractivity contribution in [2.24, 2.45) is 0 Å². The van der Waals surface area contributed by atoms with Crippen molar-refractivity contribution in [2.75, 3.05) is 26.2 Å². The van der Waals surface area contributed by atoms with Gasteiger partial charge in [-0.1, -0.05) is 32.0 Å². The van der Waals surface area contributed by atoms with Crippen molar-refractivity contribution in [1.82, 2.24) is 20.2 Å². The van der Waals surface area contributed by atoms with E-state index in [1.807, 2.05) is 56.3 Å². The van der Waals surface area contributed by atoms with Gasteiger partial charge in [-0.3, -0.25) is 9.78 Å². The molecule has 0 saturated carbocycles. The summed E-state index contributed by atoms with van der Waals surface area (Å²) >= 11 is 0. The van der Waals surface area contributed by atoms with Gasteiger partial charge in [0, 0.05) is 31.4 Å². The van der Waals surface area contributed by atoms with Crippen LogP contribution >= 0.6 is 0 Å².